The maximum absolute atomic E-state index is 12.6. The lowest BCUT2D eigenvalue weighted by Gasteiger charge is -2.30. The fourth-order valence-electron chi connectivity index (χ4n) is 10.8. The maximum Gasteiger partial charge on any atom is 0.319 e. The summed E-state index contributed by atoms with van der Waals surface area (Å²) in [6.45, 7) is 43.2. The first kappa shape index (κ1) is 80.9. The number of esters is 2. The van der Waals surface area contributed by atoms with Gasteiger partial charge in [-0.2, -0.15) is 0 Å². The summed E-state index contributed by atoms with van der Waals surface area (Å²) < 4.78 is 32.5. The van der Waals surface area contributed by atoms with E-state index in [0.717, 1.165) is 37.2 Å². The maximum atomic E-state index is 12.6. The van der Waals surface area contributed by atoms with E-state index in [0.29, 0.717) is 59.8 Å². The number of rotatable bonds is 26. The van der Waals surface area contributed by atoms with Crippen molar-refractivity contribution in [2.45, 2.75) is 210 Å². The Hall–Kier alpha value is -9.78. The Morgan fingerprint density at radius 3 is 1.36 bits per heavy atom. The number of nitrogens with zero attached hydrogens (tertiary/aromatic N) is 3. The molecule has 0 unspecified atom stereocenters. The quantitative estimate of drug-likeness (QED) is 0.0112. The van der Waals surface area contributed by atoms with E-state index in [9.17, 15) is 52.7 Å². The summed E-state index contributed by atoms with van der Waals surface area (Å²) in [5.41, 5.74) is 12.0. The summed E-state index contributed by atoms with van der Waals surface area (Å²) in [4.78, 5) is 134. The number of carbonyl (C=O) groups is 11. The van der Waals surface area contributed by atoms with E-state index < -0.39 is 29.7 Å². The molecule has 4 heterocycles. The molecule has 4 aliphatic heterocycles. The molecule has 0 aliphatic carbocycles. The predicted octanol–water partition coefficient (Wildman–Crippen LogP) is 12.4. The van der Waals surface area contributed by atoms with Crippen LogP contribution in [-0.4, -0.2) is 120 Å². The number of benzene rings is 4. The molecular weight excluding hydrogens is 1280 g/mol. The molecule has 4 aromatic carbocycles. The second-order valence-corrected chi connectivity index (χ2v) is 28.0. The predicted molar refractivity (Wildman–Crippen MR) is 377 cm³/mol. The number of nitrogens with one attached hydrogen (secondary N) is 1. The Kier molecular flexibility index (Phi) is 28.6. The van der Waals surface area contributed by atoms with Crippen LogP contribution in [0.1, 0.15) is 225 Å². The van der Waals surface area contributed by atoms with Gasteiger partial charge in [0.2, 0.25) is 17.5 Å². The van der Waals surface area contributed by atoms with Crippen LogP contribution in [0.15, 0.2) is 95.2 Å². The van der Waals surface area contributed by atoms with Crippen molar-refractivity contribution in [3.05, 3.63) is 140 Å². The van der Waals surface area contributed by atoms with E-state index in [1.807, 2.05) is 13.8 Å². The molecule has 538 valence electrons. The Balaban J connectivity index is 0.000000248. The minimum absolute atomic E-state index is 0.0270. The Morgan fingerprint density at radius 1 is 0.560 bits per heavy atom. The topological polar surface area (TPSA) is 292 Å². The molecule has 22 heteroatoms. The zero-order chi connectivity index (χ0) is 74.8. The fraction of sp³-hybridized carbons (Fsp3) is 0.487. The first-order chi connectivity index (χ1) is 46.8. The van der Waals surface area contributed by atoms with Crippen molar-refractivity contribution < 1.29 is 81.2 Å². The highest BCUT2D eigenvalue weighted by Gasteiger charge is 2.36. The Labute approximate surface area is 587 Å². The smallest absolute Gasteiger partial charge is 0.319 e. The fourth-order valence-corrected chi connectivity index (χ4v) is 10.8. The lowest BCUT2D eigenvalue weighted by atomic mass is 9.76. The van der Waals surface area contributed by atoms with Crippen LogP contribution >= 0.6 is 0 Å². The lowest BCUT2D eigenvalue weighted by molar-refractivity contribution is -0.145. The molecule has 4 aliphatic rings. The highest BCUT2D eigenvalue weighted by Crippen LogP contribution is 2.41. The molecule has 3 N–H and O–H groups in total. The number of imide groups is 2. The molecule has 0 bridgehead atoms. The Morgan fingerprint density at radius 2 is 0.970 bits per heavy atom. The average Bonchev–Trinajstić information content (AvgIpc) is 0.810. The zero-order valence-electron chi connectivity index (χ0n) is 61.2. The largest absolute Gasteiger partial charge is 0.493 e. The first-order valence-corrected chi connectivity index (χ1v) is 34.0. The zero-order valence-corrected chi connectivity index (χ0v) is 61.2. The van der Waals surface area contributed by atoms with Gasteiger partial charge >= 0.3 is 11.9 Å². The van der Waals surface area contributed by atoms with Crippen molar-refractivity contribution in [3.63, 3.8) is 0 Å². The molecule has 0 aromatic heterocycles. The minimum atomic E-state index is -0.615. The van der Waals surface area contributed by atoms with Crippen LogP contribution in [0.4, 0.5) is 0 Å². The summed E-state index contributed by atoms with van der Waals surface area (Å²) in [6, 6.07) is 21.9. The van der Waals surface area contributed by atoms with E-state index in [2.05, 4.69) is 130 Å². The summed E-state index contributed by atoms with van der Waals surface area (Å²) in [5, 5.41) is 2.69. The number of fused-ring (bicyclic) bond motifs is 2. The van der Waals surface area contributed by atoms with Crippen molar-refractivity contribution in [1.82, 2.24) is 15.1 Å². The highest BCUT2D eigenvalue weighted by molar-refractivity contribution is 6.24. The van der Waals surface area contributed by atoms with Crippen LogP contribution < -0.4 is 39.5 Å². The van der Waals surface area contributed by atoms with Crippen LogP contribution in [-0.2, 0) is 64.8 Å². The summed E-state index contributed by atoms with van der Waals surface area (Å²) in [7, 11) is 0. The normalized spacial score (nSPS) is 14.8. The summed E-state index contributed by atoms with van der Waals surface area (Å²) in [5.74, 6) is -1.66. The van der Waals surface area contributed by atoms with Gasteiger partial charge in [0.05, 0.1) is 36.5 Å². The lowest BCUT2D eigenvalue weighted by Crippen LogP contribution is -2.43. The van der Waals surface area contributed by atoms with Crippen LogP contribution in [0.5, 0.6) is 34.5 Å². The third kappa shape index (κ3) is 21.6. The molecule has 4 aromatic rings. The van der Waals surface area contributed by atoms with Crippen molar-refractivity contribution in [3.8, 4) is 34.5 Å². The van der Waals surface area contributed by atoms with Gasteiger partial charge in [-0.05, 0) is 141 Å². The molecule has 0 saturated carbocycles. The number of primary amides is 1. The van der Waals surface area contributed by atoms with Gasteiger partial charge in [-0.3, -0.25) is 62.5 Å². The molecule has 0 atom stereocenters. The van der Waals surface area contributed by atoms with E-state index in [4.69, 9.17) is 40.7 Å². The monoisotopic (exact) mass is 1380 g/mol. The number of hydrogen-bond donors (Lipinski definition) is 2. The molecule has 0 fully saturated rings. The molecule has 0 radical (unpaired) electrons. The molecule has 100 heavy (non-hydrogen) atoms. The molecule has 0 saturated heterocycles. The molecule has 22 nitrogen and oxygen atoms in total. The van der Waals surface area contributed by atoms with Crippen molar-refractivity contribution in [2.75, 3.05) is 39.5 Å². The van der Waals surface area contributed by atoms with Crippen molar-refractivity contribution >= 4 is 64.7 Å². The van der Waals surface area contributed by atoms with Crippen molar-refractivity contribution in [1.29, 1.82) is 0 Å². The third-order valence-electron chi connectivity index (χ3n) is 18.5. The van der Waals surface area contributed by atoms with Crippen LogP contribution in [0, 0.1) is 6.57 Å². The van der Waals surface area contributed by atoms with E-state index in [1.54, 1.807) is 19.9 Å². The third-order valence-corrected chi connectivity index (χ3v) is 18.5. The second-order valence-electron chi connectivity index (χ2n) is 28.0. The van der Waals surface area contributed by atoms with Gasteiger partial charge in [0.25, 0.3) is 23.6 Å². The summed E-state index contributed by atoms with van der Waals surface area (Å²) in [6.07, 6.45) is 4.85. The number of Topliss-reactive ketones (excluding diaryl/α,β-unsaturated/α-hetero) is 3. The number of amides is 6. The highest BCUT2D eigenvalue weighted by atomic mass is 16.5. The molecule has 6 amide bonds. The van der Waals surface area contributed by atoms with E-state index in [1.165, 1.54) is 69.3 Å². The van der Waals surface area contributed by atoms with Gasteiger partial charge in [0, 0.05) is 55.2 Å². The van der Waals surface area contributed by atoms with Crippen LogP contribution in [0.2, 0.25) is 0 Å². The first-order valence-electron chi connectivity index (χ1n) is 34.0. The number of carbonyl (C=O) groups excluding carboxylic acids is 11. The SMILES string of the molecule is CC(C)NC(=O)COc1ccc2c(c1)OC(=O)CC2=O.CCC(C)(C)c1ccc(OCCCN2C(=O)CC(C)=C(C(C)=O)C2=O)c(C(C)(C)CC)c1.NC(=O)COc1ccc2c(c1)OC(=O)CC2=O.[C-]#[N+]C1=C(C)CC(=O)N(CCCOc2ccc(C(C)(C)CC)cc2C(C)(C)CC)C1=O. The van der Waals surface area contributed by atoms with Gasteiger partial charge in [-0.25, -0.2) is 4.85 Å². The van der Waals surface area contributed by atoms with Gasteiger partial charge in [-0.1, -0.05) is 120 Å². The molecule has 0 spiro atoms. The van der Waals surface area contributed by atoms with Crippen molar-refractivity contribution in [2.24, 2.45) is 5.73 Å². The van der Waals surface area contributed by atoms with Gasteiger partial charge < -0.3 is 39.5 Å². The summed E-state index contributed by atoms with van der Waals surface area (Å²) >= 11 is 0. The second kappa shape index (κ2) is 35.3. The standard InChI is InChI=1S/C27H39NO4.C26H36N2O3.C14H15NO5.C11H9NO5/c1-9-26(5,6)20-12-13-22(21(17-20)27(7,8)10-2)32-15-11-14-28-23(30)16-18(3)24(19(4)29)25(28)31;1-9-25(4,5)19-12-13-21(20(17-19)26(6,7)10-2)31-15-11-14-28-22(29)16-18(3)23(27-8)24(28)30;1-8(2)15-13(17)7-19-9-3-4-10-11(16)6-14(18)20-12(10)5-9;12-10(14)5-16-6-1-2-7-8(13)4-11(15)17-9(7)3-6/h12-13,17H,9-11,14-16H2,1-8H3;12-13,17H,9-11,14-16H2,1-7H3;3-5,8H,6-7H2,1-2H3,(H,15,17);1-3H,4-5H2,(H2,12,14). The number of ketones is 3. The minimum Gasteiger partial charge on any atom is -0.493 e. The number of hydrogen-bond acceptors (Lipinski definition) is 17. The van der Waals surface area contributed by atoms with Gasteiger partial charge in [-0.15, -0.1) is 0 Å². The van der Waals surface area contributed by atoms with Gasteiger partial charge in [0.15, 0.2) is 30.6 Å². The Bertz CT molecular complexity index is 3900. The van der Waals surface area contributed by atoms with Gasteiger partial charge in [0.1, 0.15) is 47.3 Å². The van der Waals surface area contributed by atoms with Crippen LogP contribution in [0.3, 0.4) is 0 Å². The number of nitrogens with two attached hydrogens (primary N) is 1. The van der Waals surface area contributed by atoms with E-state index >= 15 is 0 Å². The molecule has 8 rings (SSSR count). The van der Waals surface area contributed by atoms with E-state index in [-0.39, 0.29) is 138 Å². The average molecular weight is 1380 g/mol. The molecular formula is C78H99N5O17. The van der Waals surface area contributed by atoms with Crippen LogP contribution in [0.25, 0.3) is 4.85 Å². The number of ether oxygens (including phenoxy) is 6.